The predicted molar refractivity (Wildman–Crippen MR) is 92.4 cm³/mol. The minimum absolute atomic E-state index is 0.0344. The van der Waals surface area contributed by atoms with Gasteiger partial charge in [0, 0.05) is 5.56 Å². The van der Waals surface area contributed by atoms with Crippen LogP contribution >= 0.6 is 0 Å². The molecule has 2 heterocycles. The fourth-order valence-corrected chi connectivity index (χ4v) is 2.74. The van der Waals surface area contributed by atoms with E-state index in [-0.39, 0.29) is 39.3 Å². The van der Waals surface area contributed by atoms with E-state index in [0.29, 0.717) is 0 Å². The van der Waals surface area contributed by atoms with Gasteiger partial charge in [0.2, 0.25) is 0 Å². The molecule has 0 saturated heterocycles. The highest BCUT2D eigenvalue weighted by atomic mass is 15.3. The van der Waals surface area contributed by atoms with Gasteiger partial charge in [0.15, 0.2) is 5.69 Å². The van der Waals surface area contributed by atoms with Crippen molar-refractivity contribution in [2.24, 2.45) is 0 Å². The van der Waals surface area contributed by atoms with Crippen LogP contribution < -0.4 is 0 Å². The van der Waals surface area contributed by atoms with Gasteiger partial charge in [0.1, 0.15) is 47.8 Å². The summed E-state index contributed by atoms with van der Waals surface area (Å²) in [6.07, 6.45) is 1.28. The van der Waals surface area contributed by atoms with Crippen molar-refractivity contribution < 1.29 is 0 Å². The van der Waals surface area contributed by atoms with E-state index in [1.165, 1.54) is 12.3 Å². The number of rotatable bonds is 2. The molecule has 2 aromatic heterocycles. The molecule has 0 spiro atoms. The summed E-state index contributed by atoms with van der Waals surface area (Å²) in [6.45, 7) is 0. The maximum absolute atomic E-state index is 9.71. The highest BCUT2D eigenvalue weighted by molar-refractivity contribution is 5.90. The summed E-state index contributed by atoms with van der Waals surface area (Å²) >= 11 is 0. The van der Waals surface area contributed by atoms with Crippen molar-refractivity contribution in [1.29, 1.82) is 31.6 Å². The van der Waals surface area contributed by atoms with Gasteiger partial charge in [-0.1, -0.05) is 0 Å². The second-order valence-corrected chi connectivity index (χ2v) is 5.29. The summed E-state index contributed by atoms with van der Waals surface area (Å²) in [4.78, 5) is 0. The van der Waals surface area contributed by atoms with Crippen LogP contribution in [0.3, 0.4) is 0 Å². The molecule has 0 atom stereocenters. The highest BCUT2D eigenvalue weighted by Crippen LogP contribution is 2.38. The molecule has 3 rings (SSSR count). The molecular formula is C18H2N12. The van der Waals surface area contributed by atoms with E-state index in [1.54, 1.807) is 30.3 Å². The standard InChI is InChI=1S/C18H2N12/c19-3-9-10(4-20)12(6-22)16(13(7-23)11(9)5-21)18-17(14-1-2-25-29-26-14)15(8-24)27-30-28-18/h1-2H. The maximum atomic E-state index is 9.71. The third-order valence-electron chi connectivity index (χ3n) is 3.92. The van der Waals surface area contributed by atoms with Crippen LogP contribution in [0.25, 0.3) is 22.5 Å². The summed E-state index contributed by atoms with van der Waals surface area (Å²) in [5, 5.41) is 79.2. The summed E-state index contributed by atoms with van der Waals surface area (Å²) in [6, 6.07) is 11.9. The van der Waals surface area contributed by atoms with Crippen molar-refractivity contribution in [3.63, 3.8) is 0 Å². The largest absolute Gasteiger partial charge is 0.192 e. The number of benzene rings is 1. The number of nitrogens with zero attached hydrogens (tertiary/aromatic N) is 12. The molecule has 12 nitrogen and oxygen atoms in total. The van der Waals surface area contributed by atoms with E-state index in [0.717, 1.165) is 0 Å². The average molecular weight is 386 g/mol. The zero-order chi connectivity index (χ0) is 21.7. The molecule has 30 heavy (non-hydrogen) atoms. The van der Waals surface area contributed by atoms with Crippen LogP contribution in [0.2, 0.25) is 0 Å². The van der Waals surface area contributed by atoms with Gasteiger partial charge < -0.3 is 0 Å². The smallest absolute Gasteiger partial charge is 0.176 e. The lowest BCUT2D eigenvalue weighted by molar-refractivity contribution is 0.845. The van der Waals surface area contributed by atoms with Crippen LogP contribution in [0.4, 0.5) is 0 Å². The van der Waals surface area contributed by atoms with Crippen LogP contribution in [-0.2, 0) is 0 Å². The van der Waals surface area contributed by atoms with E-state index in [1.807, 2.05) is 6.07 Å². The molecule has 0 saturated carbocycles. The third kappa shape index (κ3) is 2.75. The first-order valence-corrected chi connectivity index (χ1v) is 7.69. The molecule has 1 aromatic carbocycles. The SMILES string of the molecule is N#Cc1nnnc(-c2c(C#N)c(C#N)c(C#N)c(C#N)c2C#N)c1-c1ccnnn1. The summed E-state index contributed by atoms with van der Waals surface area (Å²) in [7, 11) is 0. The van der Waals surface area contributed by atoms with Gasteiger partial charge in [-0.2, -0.15) is 31.6 Å². The Morgan fingerprint density at radius 1 is 0.567 bits per heavy atom. The highest BCUT2D eigenvalue weighted by Gasteiger charge is 2.29. The quantitative estimate of drug-likeness (QED) is 0.591. The zero-order valence-electron chi connectivity index (χ0n) is 14.5. The summed E-state index contributed by atoms with van der Waals surface area (Å²) in [5.74, 6) is 0. The predicted octanol–water partition coefficient (Wildman–Crippen LogP) is 0.621. The molecule has 0 N–H and O–H groups in total. The summed E-state index contributed by atoms with van der Waals surface area (Å²) < 4.78 is 0. The topological polar surface area (TPSA) is 220 Å². The van der Waals surface area contributed by atoms with Gasteiger partial charge in [-0.15, -0.1) is 20.4 Å². The minimum Gasteiger partial charge on any atom is -0.192 e. The maximum Gasteiger partial charge on any atom is 0.176 e. The Labute approximate surface area is 167 Å². The van der Waals surface area contributed by atoms with Gasteiger partial charge in [-0.25, -0.2) is 0 Å². The fourth-order valence-electron chi connectivity index (χ4n) is 2.74. The normalized spacial score (nSPS) is 9.13. The monoisotopic (exact) mass is 386 g/mol. The first-order chi connectivity index (χ1) is 14.7. The van der Waals surface area contributed by atoms with Crippen LogP contribution in [0, 0.1) is 68.0 Å². The van der Waals surface area contributed by atoms with Crippen LogP contribution in [0.1, 0.15) is 33.5 Å². The van der Waals surface area contributed by atoms with Crippen LogP contribution in [-0.4, -0.2) is 30.8 Å². The van der Waals surface area contributed by atoms with Gasteiger partial charge in [-0.3, -0.25) is 0 Å². The van der Waals surface area contributed by atoms with Crippen molar-refractivity contribution in [3.05, 3.63) is 45.8 Å². The first-order valence-electron chi connectivity index (χ1n) is 7.69. The molecule has 12 heteroatoms. The lowest BCUT2D eigenvalue weighted by atomic mass is 9.85. The van der Waals surface area contributed by atoms with E-state index in [4.69, 9.17) is 0 Å². The van der Waals surface area contributed by atoms with Gasteiger partial charge >= 0.3 is 0 Å². The number of aromatic nitrogens is 6. The second kappa shape index (κ2) is 7.82. The van der Waals surface area contributed by atoms with Crippen molar-refractivity contribution in [1.82, 2.24) is 30.8 Å². The third-order valence-corrected chi connectivity index (χ3v) is 3.92. The molecule has 0 radical (unpaired) electrons. The average Bonchev–Trinajstić information content (AvgIpc) is 2.81. The van der Waals surface area contributed by atoms with Crippen molar-refractivity contribution >= 4 is 0 Å². The molecule has 134 valence electrons. The zero-order valence-corrected chi connectivity index (χ0v) is 14.5. The molecule has 0 aliphatic rings. The summed E-state index contributed by atoms with van der Waals surface area (Å²) in [5.41, 5.74) is -2.64. The van der Waals surface area contributed by atoms with Gasteiger partial charge in [-0.05, 0) is 16.5 Å². The molecule has 0 amide bonds. The van der Waals surface area contributed by atoms with Crippen molar-refractivity contribution in [2.75, 3.05) is 0 Å². The van der Waals surface area contributed by atoms with E-state index in [2.05, 4.69) is 30.8 Å². The van der Waals surface area contributed by atoms with E-state index in [9.17, 15) is 31.6 Å². The second-order valence-electron chi connectivity index (χ2n) is 5.29. The molecule has 3 aromatic rings. The fraction of sp³-hybridized carbons (Fsp3) is 0. The minimum atomic E-state index is -0.412. The molecular weight excluding hydrogens is 384 g/mol. The van der Waals surface area contributed by atoms with Gasteiger partial charge in [0.05, 0.1) is 39.6 Å². The number of hydrogen-bond acceptors (Lipinski definition) is 12. The number of nitriles is 6. The Hall–Kier alpha value is -5.82. The van der Waals surface area contributed by atoms with Crippen molar-refractivity contribution in [2.45, 2.75) is 0 Å². The lowest BCUT2D eigenvalue weighted by Crippen LogP contribution is -2.08. The first kappa shape index (κ1) is 19.0. The lowest BCUT2D eigenvalue weighted by Gasteiger charge is -2.13. The van der Waals surface area contributed by atoms with Crippen LogP contribution in [0.15, 0.2) is 12.3 Å². The molecule has 0 aliphatic carbocycles. The Kier molecular flexibility index (Phi) is 4.94. The molecule has 0 aliphatic heterocycles. The molecule has 0 bridgehead atoms. The Bertz CT molecular complexity index is 1390. The Morgan fingerprint density at radius 2 is 1.13 bits per heavy atom. The molecule has 0 fully saturated rings. The van der Waals surface area contributed by atoms with Crippen LogP contribution in [0.5, 0.6) is 0 Å². The Morgan fingerprint density at radius 3 is 1.60 bits per heavy atom. The Balaban J connectivity index is 2.64. The molecule has 0 unspecified atom stereocenters. The van der Waals surface area contributed by atoms with Crippen molar-refractivity contribution in [3.8, 4) is 58.9 Å². The number of hydrogen-bond donors (Lipinski definition) is 0. The van der Waals surface area contributed by atoms with Gasteiger partial charge in [0.25, 0.3) is 0 Å². The van der Waals surface area contributed by atoms with E-state index < -0.39 is 16.7 Å². The van der Waals surface area contributed by atoms with E-state index >= 15 is 0 Å².